The second-order valence-corrected chi connectivity index (χ2v) is 5.90. The molecule has 0 atom stereocenters. The lowest BCUT2D eigenvalue weighted by molar-refractivity contribution is -0.122. The maximum atomic E-state index is 12.0. The Morgan fingerprint density at radius 1 is 1.35 bits per heavy atom. The van der Waals surface area contributed by atoms with E-state index >= 15 is 0 Å². The largest absolute Gasteiger partial charge is 0.369 e. The molecule has 0 aromatic heterocycles. The molecule has 0 unspecified atom stereocenters. The van der Waals surface area contributed by atoms with Crippen LogP contribution in [0.2, 0.25) is 0 Å². The number of guanidine groups is 1. The summed E-state index contributed by atoms with van der Waals surface area (Å²) in [5.41, 5.74) is 11.0. The van der Waals surface area contributed by atoms with Crippen molar-refractivity contribution in [3.05, 3.63) is 41.0 Å². The Kier molecular flexibility index (Phi) is 3.63. The SMILES string of the molecule is CC(C)(C)c1ccc(/C=C2\CNN(C(=N)N)C2=O)cc1. The molecule has 1 aromatic carbocycles. The summed E-state index contributed by atoms with van der Waals surface area (Å²) in [5, 5.41) is 8.33. The van der Waals surface area contributed by atoms with Crippen LogP contribution in [0.4, 0.5) is 0 Å². The van der Waals surface area contributed by atoms with Crippen LogP contribution in [0.3, 0.4) is 0 Å². The van der Waals surface area contributed by atoms with E-state index in [0.717, 1.165) is 10.6 Å². The minimum atomic E-state index is -0.290. The third-order valence-corrected chi connectivity index (χ3v) is 3.26. The van der Waals surface area contributed by atoms with E-state index in [1.807, 2.05) is 18.2 Å². The second-order valence-electron chi connectivity index (χ2n) is 5.90. The summed E-state index contributed by atoms with van der Waals surface area (Å²) in [7, 11) is 0. The van der Waals surface area contributed by atoms with Gasteiger partial charge in [-0.25, -0.2) is 10.4 Å². The monoisotopic (exact) mass is 272 g/mol. The summed E-state index contributed by atoms with van der Waals surface area (Å²) in [6, 6.07) is 8.14. The second kappa shape index (κ2) is 5.09. The first-order valence-electron chi connectivity index (χ1n) is 6.52. The summed E-state index contributed by atoms with van der Waals surface area (Å²) in [6.45, 7) is 6.88. The number of nitrogens with two attached hydrogens (primary N) is 1. The van der Waals surface area contributed by atoms with Crippen molar-refractivity contribution in [2.45, 2.75) is 26.2 Å². The highest BCUT2D eigenvalue weighted by atomic mass is 16.2. The van der Waals surface area contributed by atoms with Crippen molar-refractivity contribution in [3.63, 3.8) is 0 Å². The summed E-state index contributed by atoms with van der Waals surface area (Å²) in [5.74, 6) is -0.557. The van der Waals surface area contributed by atoms with Gasteiger partial charge in [0.15, 0.2) is 0 Å². The molecule has 0 aliphatic carbocycles. The summed E-state index contributed by atoms with van der Waals surface area (Å²) in [4.78, 5) is 12.0. The van der Waals surface area contributed by atoms with Crippen LogP contribution in [0.25, 0.3) is 6.08 Å². The predicted molar refractivity (Wildman–Crippen MR) is 79.9 cm³/mol. The van der Waals surface area contributed by atoms with Gasteiger partial charge >= 0.3 is 0 Å². The van der Waals surface area contributed by atoms with Crippen molar-refractivity contribution < 1.29 is 4.79 Å². The number of benzene rings is 1. The van der Waals surface area contributed by atoms with Crippen molar-refractivity contribution in [1.82, 2.24) is 10.4 Å². The Morgan fingerprint density at radius 2 is 1.95 bits per heavy atom. The fourth-order valence-corrected chi connectivity index (χ4v) is 2.04. The first kappa shape index (κ1) is 14.3. The van der Waals surface area contributed by atoms with Crippen LogP contribution >= 0.6 is 0 Å². The molecule has 106 valence electrons. The molecule has 1 aliphatic heterocycles. The van der Waals surface area contributed by atoms with Crippen LogP contribution in [0, 0.1) is 5.41 Å². The van der Waals surface area contributed by atoms with Gasteiger partial charge in [-0.1, -0.05) is 45.0 Å². The molecule has 0 saturated carbocycles. The van der Waals surface area contributed by atoms with Gasteiger partial charge in [-0.2, -0.15) is 0 Å². The van der Waals surface area contributed by atoms with Gasteiger partial charge in [0.1, 0.15) is 0 Å². The van der Waals surface area contributed by atoms with Gasteiger partial charge in [0.05, 0.1) is 0 Å². The van der Waals surface area contributed by atoms with E-state index in [-0.39, 0.29) is 17.3 Å². The van der Waals surface area contributed by atoms with E-state index in [2.05, 4.69) is 38.3 Å². The number of amides is 1. The maximum absolute atomic E-state index is 12.0. The molecule has 1 saturated heterocycles. The minimum Gasteiger partial charge on any atom is -0.369 e. The van der Waals surface area contributed by atoms with Crippen LogP contribution in [-0.4, -0.2) is 23.4 Å². The van der Waals surface area contributed by atoms with Gasteiger partial charge in [0, 0.05) is 12.1 Å². The number of rotatable bonds is 1. The summed E-state index contributed by atoms with van der Waals surface area (Å²) in [6.07, 6.45) is 1.82. The molecule has 0 radical (unpaired) electrons. The first-order chi connectivity index (χ1) is 9.29. The predicted octanol–water partition coefficient (Wildman–Crippen LogP) is 1.61. The Bertz CT molecular complexity index is 567. The molecule has 0 spiro atoms. The Hall–Kier alpha value is -2.14. The van der Waals surface area contributed by atoms with Crippen LogP contribution < -0.4 is 11.2 Å². The van der Waals surface area contributed by atoms with E-state index in [4.69, 9.17) is 11.1 Å². The molecule has 1 aliphatic rings. The van der Waals surface area contributed by atoms with Crippen LogP contribution in [0.1, 0.15) is 31.9 Å². The molecule has 1 amide bonds. The van der Waals surface area contributed by atoms with Crippen molar-refractivity contribution in [1.29, 1.82) is 5.41 Å². The standard InChI is InChI=1S/C15H20N4O/c1-15(2,3)12-6-4-10(5-7-12)8-11-9-18-19(13(11)20)14(16)17/h4-8,18H,9H2,1-3H3,(H3,16,17)/b11-8+. The zero-order chi connectivity index (χ0) is 14.9. The minimum absolute atomic E-state index is 0.113. The van der Waals surface area contributed by atoms with Gasteiger partial charge in [-0.3, -0.25) is 10.2 Å². The summed E-state index contributed by atoms with van der Waals surface area (Å²) >= 11 is 0. The van der Waals surface area contributed by atoms with Gasteiger partial charge in [-0.05, 0) is 22.6 Å². The molecule has 0 bridgehead atoms. The lowest BCUT2D eigenvalue weighted by Gasteiger charge is -2.18. The Labute approximate surface area is 118 Å². The zero-order valence-electron chi connectivity index (χ0n) is 12.0. The quantitative estimate of drug-likeness (QED) is 0.412. The molecule has 20 heavy (non-hydrogen) atoms. The normalized spacial score (nSPS) is 17.9. The molecule has 4 N–H and O–H groups in total. The van der Waals surface area contributed by atoms with Gasteiger partial charge < -0.3 is 5.73 Å². The molecule has 1 heterocycles. The van der Waals surface area contributed by atoms with Crippen molar-refractivity contribution in [3.8, 4) is 0 Å². The number of nitrogens with one attached hydrogen (secondary N) is 2. The fraction of sp³-hybridized carbons (Fsp3) is 0.333. The molecule has 5 nitrogen and oxygen atoms in total. The molecular formula is C15H20N4O. The molecule has 5 heteroatoms. The van der Waals surface area contributed by atoms with Crippen LogP contribution in [0.5, 0.6) is 0 Å². The van der Waals surface area contributed by atoms with Crippen LogP contribution in [-0.2, 0) is 10.2 Å². The average molecular weight is 272 g/mol. The third kappa shape index (κ3) is 2.88. The molecule has 2 rings (SSSR count). The van der Waals surface area contributed by atoms with Crippen LogP contribution in [0.15, 0.2) is 29.8 Å². The third-order valence-electron chi connectivity index (χ3n) is 3.26. The Morgan fingerprint density at radius 3 is 2.40 bits per heavy atom. The van der Waals surface area contributed by atoms with Gasteiger partial charge in [0.2, 0.25) is 5.96 Å². The number of hydrogen-bond acceptors (Lipinski definition) is 3. The number of carbonyl (C=O) groups excluding carboxylic acids is 1. The van der Waals surface area contributed by atoms with Crippen molar-refractivity contribution in [2.24, 2.45) is 5.73 Å². The topological polar surface area (TPSA) is 82.2 Å². The van der Waals surface area contributed by atoms with E-state index in [0.29, 0.717) is 12.1 Å². The van der Waals surface area contributed by atoms with Crippen molar-refractivity contribution in [2.75, 3.05) is 6.54 Å². The molecule has 1 fully saturated rings. The number of hydrazine groups is 1. The summed E-state index contributed by atoms with van der Waals surface area (Å²) < 4.78 is 0. The lowest BCUT2D eigenvalue weighted by Crippen LogP contribution is -2.44. The van der Waals surface area contributed by atoms with Gasteiger partial charge in [0.25, 0.3) is 5.91 Å². The maximum Gasteiger partial charge on any atom is 0.272 e. The van der Waals surface area contributed by atoms with E-state index < -0.39 is 0 Å². The van der Waals surface area contributed by atoms with Gasteiger partial charge in [-0.15, -0.1) is 0 Å². The van der Waals surface area contributed by atoms with Crippen molar-refractivity contribution >= 4 is 17.9 Å². The number of nitrogens with zero attached hydrogens (tertiary/aromatic N) is 1. The van der Waals surface area contributed by atoms with E-state index in [1.165, 1.54) is 5.56 Å². The zero-order valence-corrected chi connectivity index (χ0v) is 12.0. The lowest BCUT2D eigenvalue weighted by atomic mass is 9.86. The smallest absolute Gasteiger partial charge is 0.272 e. The average Bonchev–Trinajstić information content (AvgIpc) is 2.71. The highest BCUT2D eigenvalue weighted by Gasteiger charge is 2.27. The highest BCUT2D eigenvalue weighted by Crippen LogP contribution is 2.23. The highest BCUT2D eigenvalue weighted by molar-refractivity contribution is 6.08. The number of hydrogen-bond donors (Lipinski definition) is 3. The Balaban J connectivity index is 2.20. The first-order valence-corrected chi connectivity index (χ1v) is 6.52. The number of carbonyl (C=O) groups is 1. The van der Waals surface area contributed by atoms with E-state index in [1.54, 1.807) is 0 Å². The molecular weight excluding hydrogens is 252 g/mol. The van der Waals surface area contributed by atoms with E-state index in [9.17, 15) is 4.79 Å². The fourth-order valence-electron chi connectivity index (χ4n) is 2.04. The molecule has 1 aromatic rings.